The van der Waals surface area contributed by atoms with Gasteiger partial charge >= 0.3 is 0 Å². The maximum atomic E-state index is 5.43. The van der Waals surface area contributed by atoms with E-state index in [1.807, 2.05) is 0 Å². The molecule has 0 amide bonds. The Kier molecular flexibility index (Phi) is 29.4. The maximum absolute atomic E-state index is 5.43. The third kappa shape index (κ3) is 29.2. The van der Waals surface area contributed by atoms with Crippen molar-refractivity contribution in [1.29, 1.82) is 0 Å². The number of rotatable bonds is 28. The summed E-state index contributed by atoms with van der Waals surface area (Å²) in [5, 5.41) is 0. The van der Waals surface area contributed by atoms with E-state index in [-0.39, 0.29) is 0 Å². The van der Waals surface area contributed by atoms with E-state index in [2.05, 4.69) is 5.92 Å². The third-order valence-electron chi connectivity index (χ3n) is 3.59. The van der Waals surface area contributed by atoms with Gasteiger partial charge in [-0.25, -0.2) is 0 Å². The van der Waals surface area contributed by atoms with Crippen molar-refractivity contribution in [2.45, 2.75) is 0 Å². The van der Waals surface area contributed by atoms with Gasteiger partial charge < -0.3 is 47.4 Å². The molecule has 0 aromatic heterocycles. The number of hydrogen-bond acceptors (Lipinski definition) is 10. The standard InChI is InChI=1S/C22H42O10/c1-3-4-24-7-8-26-11-12-28-15-16-30-19-20-32-22-21-31-18-17-29-14-13-27-10-9-25-6-5-23-2/h1H,4-22H2,2H3. The molecule has 190 valence electrons. The fourth-order valence-electron chi connectivity index (χ4n) is 2.03. The first-order valence-corrected chi connectivity index (χ1v) is 11.0. The average Bonchev–Trinajstić information content (AvgIpc) is 2.81. The molecule has 0 saturated carbocycles. The fourth-order valence-corrected chi connectivity index (χ4v) is 2.03. The van der Waals surface area contributed by atoms with Gasteiger partial charge in [0.2, 0.25) is 0 Å². The first-order valence-electron chi connectivity index (χ1n) is 11.0. The molecular formula is C22H42O10. The van der Waals surface area contributed by atoms with Crippen LogP contribution in [0.3, 0.4) is 0 Å². The number of methoxy groups -OCH3 is 1. The molecule has 0 bridgehead atoms. The lowest BCUT2D eigenvalue weighted by Gasteiger charge is -2.08. The van der Waals surface area contributed by atoms with Crippen molar-refractivity contribution in [3.63, 3.8) is 0 Å². The van der Waals surface area contributed by atoms with Gasteiger partial charge in [0.25, 0.3) is 0 Å². The van der Waals surface area contributed by atoms with Gasteiger partial charge in [0, 0.05) is 7.11 Å². The lowest BCUT2D eigenvalue weighted by Crippen LogP contribution is -2.15. The largest absolute Gasteiger partial charge is 0.382 e. The molecule has 0 aromatic carbocycles. The van der Waals surface area contributed by atoms with Crippen LogP contribution in [0.5, 0.6) is 0 Å². The molecule has 0 heterocycles. The van der Waals surface area contributed by atoms with Crippen LogP contribution in [0, 0.1) is 12.3 Å². The zero-order valence-electron chi connectivity index (χ0n) is 19.6. The first-order chi connectivity index (χ1) is 15.9. The highest BCUT2D eigenvalue weighted by Crippen LogP contribution is 1.86. The molecule has 0 spiro atoms. The van der Waals surface area contributed by atoms with Gasteiger partial charge in [-0.15, -0.1) is 6.42 Å². The molecule has 0 unspecified atom stereocenters. The predicted molar refractivity (Wildman–Crippen MR) is 118 cm³/mol. The molecule has 0 aromatic rings. The van der Waals surface area contributed by atoms with Gasteiger partial charge in [0.15, 0.2) is 0 Å². The second-order valence-corrected chi connectivity index (χ2v) is 6.15. The van der Waals surface area contributed by atoms with E-state index in [1.54, 1.807) is 7.11 Å². The molecule has 0 fully saturated rings. The smallest absolute Gasteiger partial charge is 0.107 e. The SMILES string of the molecule is C#CCOCCOCCOCCOCCOCCOCCOCCOCCOCCOC. The van der Waals surface area contributed by atoms with Gasteiger partial charge in [0.05, 0.1) is 119 Å². The maximum Gasteiger partial charge on any atom is 0.107 e. The van der Waals surface area contributed by atoms with Gasteiger partial charge in [-0.1, -0.05) is 5.92 Å². The summed E-state index contributed by atoms with van der Waals surface area (Å²) in [7, 11) is 1.64. The van der Waals surface area contributed by atoms with Crippen LogP contribution in [0.15, 0.2) is 0 Å². The monoisotopic (exact) mass is 466 g/mol. The predicted octanol–water partition coefficient (Wildman–Crippen LogP) is 0.415. The Morgan fingerprint density at radius 2 is 0.594 bits per heavy atom. The Bertz CT molecular complexity index is 378. The molecule has 0 radical (unpaired) electrons. The lowest BCUT2D eigenvalue weighted by atomic mass is 10.6. The van der Waals surface area contributed by atoms with Crippen molar-refractivity contribution < 1.29 is 47.4 Å². The zero-order chi connectivity index (χ0) is 23.2. The normalized spacial score (nSPS) is 11.1. The van der Waals surface area contributed by atoms with E-state index in [0.717, 1.165) is 0 Å². The molecule has 0 N–H and O–H groups in total. The summed E-state index contributed by atoms with van der Waals surface area (Å²) in [5.74, 6) is 2.39. The van der Waals surface area contributed by atoms with Crippen molar-refractivity contribution in [2.75, 3.05) is 133 Å². The van der Waals surface area contributed by atoms with Crippen molar-refractivity contribution in [3.05, 3.63) is 0 Å². The van der Waals surface area contributed by atoms with Crippen LogP contribution < -0.4 is 0 Å². The fraction of sp³-hybridized carbons (Fsp3) is 0.909. The van der Waals surface area contributed by atoms with Crippen LogP contribution in [0.1, 0.15) is 0 Å². The number of terminal acetylenes is 1. The Balaban J connectivity index is 2.99. The minimum absolute atomic E-state index is 0.313. The van der Waals surface area contributed by atoms with E-state index < -0.39 is 0 Å². The summed E-state index contributed by atoms with van der Waals surface area (Å²) in [6, 6.07) is 0. The Labute approximate surface area is 193 Å². The van der Waals surface area contributed by atoms with Crippen molar-refractivity contribution in [3.8, 4) is 12.3 Å². The van der Waals surface area contributed by atoms with Gasteiger partial charge in [-0.3, -0.25) is 0 Å². The summed E-state index contributed by atoms with van der Waals surface area (Å²) in [4.78, 5) is 0. The van der Waals surface area contributed by atoms with Crippen LogP contribution in [-0.4, -0.2) is 133 Å². The summed E-state index contributed by atoms with van der Waals surface area (Å²) in [6.07, 6.45) is 5.06. The van der Waals surface area contributed by atoms with E-state index in [0.29, 0.717) is 126 Å². The average molecular weight is 467 g/mol. The molecule has 0 aliphatic carbocycles. The molecule has 0 aliphatic rings. The van der Waals surface area contributed by atoms with Crippen molar-refractivity contribution in [1.82, 2.24) is 0 Å². The number of ether oxygens (including phenoxy) is 10. The van der Waals surface area contributed by atoms with Crippen LogP contribution in [0.2, 0.25) is 0 Å². The lowest BCUT2D eigenvalue weighted by molar-refractivity contribution is -0.0255. The van der Waals surface area contributed by atoms with Crippen molar-refractivity contribution in [2.24, 2.45) is 0 Å². The van der Waals surface area contributed by atoms with E-state index in [9.17, 15) is 0 Å². The first kappa shape index (κ1) is 31.2. The second-order valence-electron chi connectivity index (χ2n) is 6.15. The van der Waals surface area contributed by atoms with Crippen LogP contribution in [0.4, 0.5) is 0 Å². The third-order valence-corrected chi connectivity index (χ3v) is 3.59. The van der Waals surface area contributed by atoms with Crippen LogP contribution in [-0.2, 0) is 47.4 Å². The molecular weight excluding hydrogens is 424 g/mol. The van der Waals surface area contributed by atoms with Crippen LogP contribution in [0.25, 0.3) is 0 Å². The molecule has 0 atom stereocenters. The number of hydrogen-bond donors (Lipinski definition) is 0. The van der Waals surface area contributed by atoms with E-state index in [1.165, 1.54) is 0 Å². The Morgan fingerprint density at radius 3 is 0.812 bits per heavy atom. The minimum Gasteiger partial charge on any atom is -0.382 e. The molecule has 0 aliphatic heterocycles. The molecule has 10 nitrogen and oxygen atoms in total. The Morgan fingerprint density at radius 1 is 0.375 bits per heavy atom. The minimum atomic E-state index is 0.313. The summed E-state index contributed by atoms with van der Waals surface area (Å²) >= 11 is 0. The Hall–Kier alpha value is -0.840. The molecule has 32 heavy (non-hydrogen) atoms. The topological polar surface area (TPSA) is 92.3 Å². The zero-order valence-corrected chi connectivity index (χ0v) is 19.6. The molecule has 10 heteroatoms. The molecule has 0 saturated heterocycles. The van der Waals surface area contributed by atoms with Crippen LogP contribution >= 0.6 is 0 Å². The van der Waals surface area contributed by atoms with E-state index >= 15 is 0 Å². The molecule has 0 rings (SSSR count). The van der Waals surface area contributed by atoms with E-state index in [4.69, 9.17) is 53.8 Å². The van der Waals surface area contributed by atoms with Gasteiger partial charge in [0.1, 0.15) is 6.61 Å². The quantitative estimate of drug-likeness (QED) is 0.119. The van der Waals surface area contributed by atoms with Crippen molar-refractivity contribution >= 4 is 0 Å². The highest BCUT2D eigenvalue weighted by molar-refractivity contribution is 4.82. The van der Waals surface area contributed by atoms with Gasteiger partial charge in [-0.05, 0) is 0 Å². The summed E-state index contributed by atoms with van der Waals surface area (Å²) in [5.41, 5.74) is 0. The van der Waals surface area contributed by atoms with Gasteiger partial charge in [-0.2, -0.15) is 0 Å². The summed E-state index contributed by atoms with van der Waals surface area (Å²) in [6.45, 7) is 9.92. The highest BCUT2D eigenvalue weighted by atomic mass is 16.6. The second kappa shape index (κ2) is 30.2. The summed E-state index contributed by atoms with van der Waals surface area (Å²) < 4.78 is 53.0. The highest BCUT2D eigenvalue weighted by Gasteiger charge is 1.95.